The van der Waals surface area contributed by atoms with Crippen molar-refractivity contribution in [1.29, 1.82) is 0 Å². The van der Waals surface area contributed by atoms with Crippen molar-refractivity contribution in [3.05, 3.63) is 107 Å². The molecule has 1 N–H and O–H groups in total. The van der Waals surface area contributed by atoms with E-state index in [2.05, 4.69) is 28.1 Å². The first-order valence-electron chi connectivity index (χ1n) is 11.6. The van der Waals surface area contributed by atoms with Gasteiger partial charge in [-0.05, 0) is 72.5 Å². The zero-order valence-electron chi connectivity index (χ0n) is 20.4. The summed E-state index contributed by atoms with van der Waals surface area (Å²) in [6.45, 7) is 4.53. The Kier molecular flexibility index (Phi) is 5.95. The van der Waals surface area contributed by atoms with Crippen LogP contribution in [0.25, 0.3) is 5.69 Å². The Labute approximate surface area is 205 Å². The minimum Gasteiger partial charge on any atom is -0.493 e. The molecular weight excluding hydrogens is 438 g/mol. The van der Waals surface area contributed by atoms with Gasteiger partial charge in [-0.1, -0.05) is 36.4 Å². The maximum absolute atomic E-state index is 13.9. The minimum absolute atomic E-state index is 0.164. The van der Waals surface area contributed by atoms with Crippen molar-refractivity contribution < 1.29 is 14.3 Å². The average Bonchev–Trinajstić information content (AvgIpc) is 3.30. The van der Waals surface area contributed by atoms with Crippen LogP contribution in [0.1, 0.15) is 34.0 Å². The van der Waals surface area contributed by atoms with Crippen LogP contribution >= 0.6 is 0 Å². The van der Waals surface area contributed by atoms with Gasteiger partial charge >= 0.3 is 6.03 Å². The van der Waals surface area contributed by atoms with Crippen LogP contribution in [0.2, 0.25) is 0 Å². The van der Waals surface area contributed by atoms with Crippen LogP contribution in [0.5, 0.6) is 11.5 Å². The predicted molar refractivity (Wildman–Crippen MR) is 138 cm³/mol. The van der Waals surface area contributed by atoms with Gasteiger partial charge < -0.3 is 24.3 Å². The number of hydrogen-bond acceptors (Lipinski definition) is 3. The van der Waals surface area contributed by atoms with E-state index in [-0.39, 0.29) is 12.1 Å². The summed E-state index contributed by atoms with van der Waals surface area (Å²) in [4.78, 5) is 15.8. The lowest BCUT2D eigenvalue weighted by atomic mass is 10.0. The highest BCUT2D eigenvalue weighted by Gasteiger charge is 2.33. The van der Waals surface area contributed by atoms with E-state index < -0.39 is 0 Å². The summed E-state index contributed by atoms with van der Waals surface area (Å²) in [6, 6.07) is 23.6. The van der Waals surface area contributed by atoms with E-state index in [4.69, 9.17) is 9.47 Å². The SMILES string of the molecule is COc1ccc([C@H]2c3cccn3-c3ccccc3CN2C(=O)Nc2cccc(C)c2C)cc1OC. The second-order valence-corrected chi connectivity index (χ2v) is 8.75. The van der Waals surface area contributed by atoms with Gasteiger partial charge in [0.05, 0.1) is 32.5 Å². The molecular formula is C29H29N3O3. The van der Waals surface area contributed by atoms with Gasteiger partial charge in [-0.3, -0.25) is 0 Å². The normalized spacial score (nSPS) is 14.5. The molecule has 0 saturated carbocycles. The molecule has 2 amide bonds. The molecule has 0 unspecified atom stereocenters. The number of amides is 2. The van der Waals surface area contributed by atoms with Crippen LogP contribution < -0.4 is 14.8 Å². The molecule has 0 spiro atoms. The summed E-state index contributed by atoms with van der Waals surface area (Å²) in [7, 11) is 3.24. The van der Waals surface area contributed by atoms with Crippen LogP contribution in [0.15, 0.2) is 79.0 Å². The number of hydrogen-bond donors (Lipinski definition) is 1. The van der Waals surface area contributed by atoms with Crippen LogP contribution in [-0.4, -0.2) is 29.7 Å². The average molecular weight is 468 g/mol. The first-order chi connectivity index (χ1) is 17.0. The zero-order valence-corrected chi connectivity index (χ0v) is 20.4. The summed E-state index contributed by atoms with van der Waals surface area (Å²) in [5.41, 5.74) is 7.08. The highest BCUT2D eigenvalue weighted by Crippen LogP contribution is 2.40. The molecule has 3 aromatic carbocycles. The molecule has 178 valence electrons. The molecule has 0 fully saturated rings. The Balaban J connectivity index is 1.65. The first kappa shape index (κ1) is 22.6. The van der Waals surface area contributed by atoms with Crippen LogP contribution in [0, 0.1) is 13.8 Å². The number of nitrogens with one attached hydrogen (secondary N) is 1. The predicted octanol–water partition coefficient (Wildman–Crippen LogP) is 6.25. The number of methoxy groups -OCH3 is 2. The number of para-hydroxylation sites is 1. The van der Waals surface area contributed by atoms with Gasteiger partial charge in [0.1, 0.15) is 0 Å². The Morgan fingerprint density at radius 1 is 0.914 bits per heavy atom. The molecule has 0 saturated heterocycles. The van der Waals surface area contributed by atoms with Crippen molar-refractivity contribution in [2.75, 3.05) is 19.5 Å². The highest BCUT2D eigenvalue weighted by atomic mass is 16.5. The lowest BCUT2D eigenvalue weighted by Crippen LogP contribution is -2.38. The van der Waals surface area contributed by atoms with Crippen molar-refractivity contribution in [2.45, 2.75) is 26.4 Å². The first-order valence-corrected chi connectivity index (χ1v) is 11.6. The Morgan fingerprint density at radius 2 is 1.71 bits per heavy atom. The second-order valence-electron chi connectivity index (χ2n) is 8.75. The molecule has 2 heterocycles. The molecule has 1 aliphatic heterocycles. The molecule has 6 nitrogen and oxygen atoms in total. The highest BCUT2D eigenvalue weighted by molar-refractivity contribution is 5.91. The molecule has 0 radical (unpaired) electrons. The summed E-state index contributed by atoms with van der Waals surface area (Å²) >= 11 is 0. The van der Waals surface area contributed by atoms with Gasteiger partial charge in [-0.15, -0.1) is 0 Å². The van der Waals surface area contributed by atoms with E-state index in [1.54, 1.807) is 14.2 Å². The third-order valence-corrected chi connectivity index (χ3v) is 6.79. The third kappa shape index (κ3) is 4.01. The van der Waals surface area contributed by atoms with Crippen LogP contribution in [-0.2, 0) is 6.54 Å². The van der Waals surface area contributed by atoms with Crippen molar-refractivity contribution in [2.24, 2.45) is 0 Å². The van der Waals surface area contributed by atoms with Crippen molar-refractivity contribution in [1.82, 2.24) is 9.47 Å². The molecule has 4 aromatic rings. The molecule has 1 atom stereocenters. The maximum Gasteiger partial charge on any atom is 0.322 e. The molecule has 1 aromatic heterocycles. The zero-order chi connectivity index (χ0) is 24.5. The van der Waals surface area contributed by atoms with E-state index in [9.17, 15) is 4.79 Å². The molecule has 35 heavy (non-hydrogen) atoms. The fraction of sp³-hybridized carbons (Fsp3) is 0.207. The molecule has 0 aliphatic carbocycles. The van der Waals surface area contributed by atoms with E-state index >= 15 is 0 Å². The van der Waals surface area contributed by atoms with Gasteiger partial charge in [-0.25, -0.2) is 4.79 Å². The number of rotatable bonds is 4. The largest absolute Gasteiger partial charge is 0.493 e. The number of urea groups is 1. The fourth-order valence-electron chi connectivity index (χ4n) is 4.79. The van der Waals surface area contributed by atoms with E-state index in [1.165, 1.54) is 0 Å². The molecule has 5 rings (SSSR count). The third-order valence-electron chi connectivity index (χ3n) is 6.79. The lowest BCUT2D eigenvalue weighted by Gasteiger charge is -2.31. The number of benzene rings is 3. The number of carbonyl (C=O) groups excluding carboxylic acids is 1. The summed E-state index contributed by atoms with van der Waals surface area (Å²) in [5, 5.41) is 3.18. The Bertz CT molecular complexity index is 1390. The Hall–Kier alpha value is -4.19. The number of nitrogens with zero attached hydrogens (tertiary/aromatic N) is 2. The number of fused-ring (bicyclic) bond motifs is 3. The number of anilines is 1. The quantitative estimate of drug-likeness (QED) is 0.386. The summed E-state index contributed by atoms with van der Waals surface area (Å²) in [6.07, 6.45) is 2.05. The van der Waals surface area contributed by atoms with Crippen molar-refractivity contribution in [3.63, 3.8) is 0 Å². The van der Waals surface area contributed by atoms with Crippen LogP contribution in [0.4, 0.5) is 10.5 Å². The van der Waals surface area contributed by atoms with Gasteiger partial charge in [0.15, 0.2) is 11.5 Å². The molecule has 6 heteroatoms. The molecule has 1 aliphatic rings. The van der Waals surface area contributed by atoms with E-state index in [1.807, 2.05) is 79.5 Å². The van der Waals surface area contributed by atoms with Crippen molar-refractivity contribution >= 4 is 11.7 Å². The summed E-state index contributed by atoms with van der Waals surface area (Å²) < 4.78 is 13.2. The smallest absolute Gasteiger partial charge is 0.322 e. The fourth-order valence-corrected chi connectivity index (χ4v) is 4.79. The monoisotopic (exact) mass is 467 g/mol. The number of carbonyl (C=O) groups is 1. The van der Waals surface area contributed by atoms with Gasteiger partial charge in [-0.2, -0.15) is 0 Å². The maximum atomic E-state index is 13.9. The van der Waals surface area contributed by atoms with Crippen LogP contribution in [0.3, 0.4) is 0 Å². The van der Waals surface area contributed by atoms with E-state index in [0.717, 1.165) is 39.3 Å². The molecule has 0 bridgehead atoms. The minimum atomic E-state index is -0.345. The number of aromatic nitrogens is 1. The van der Waals surface area contributed by atoms with Gasteiger partial charge in [0.25, 0.3) is 0 Å². The van der Waals surface area contributed by atoms with Gasteiger partial charge in [0, 0.05) is 17.6 Å². The summed E-state index contributed by atoms with van der Waals surface area (Å²) in [5.74, 6) is 1.27. The lowest BCUT2D eigenvalue weighted by molar-refractivity contribution is 0.194. The standard InChI is InChI=1S/C29H29N3O3/c1-19-9-7-11-23(20(19)2)30-29(33)32-18-22-10-5-6-12-24(22)31-16-8-13-25(31)28(32)21-14-15-26(34-3)27(17-21)35-4/h5-17,28H,18H2,1-4H3,(H,30,33)/t28-/m0/s1. The number of aryl methyl sites for hydroxylation is 1. The van der Waals surface area contributed by atoms with Crippen molar-refractivity contribution in [3.8, 4) is 17.2 Å². The topological polar surface area (TPSA) is 55.7 Å². The number of ether oxygens (including phenoxy) is 2. The Morgan fingerprint density at radius 3 is 2.51 bits per heavy atom. The van der Waals surface area contributed by atoms with Gasteiger partial charge in [0.2, 0.25) is 0 Å². The second kappa shape index (κ2) is 9.22. The van der Waals surface area contributed by atoms with E-state index in [0.29, 0.717) is 18.0 Å².